The molecule has 6 nitrogen and oxygen atoms in total. The number of rotatable bonds is 8. The number of amides is 2. The predicted octanol–water partition coefficient (Wildman–Crippen LogP) is 3.59. The molecule has 150 valence electrons. The Balaban J connectivity index is 2.07. The molecule has 0 aliphatic heterocycles. The van der Waals surface area contributed by atoms with Crippen LogP contribution in [-0.4, -0.2) is 45.5 Å². The standard InChI is InChI=1S/C22H30N4O2/c1-6-25(7-2)20-12-14-21(15-13-20)26(17(3)27)16-22(28)23-18-8-10-19(11-9-18)24(4)5/h8-15H,6-7,16H2,1-5H3,(H,23,28). The molecular formula is C22H30N4O2. The van der Waals surface area contributed by atoms with E-state index in [4.69, 9.17) is 0 Å². The number of benzene rings is 2. The Morgan fingerprint density at radius 2 is 1.32 bits per heavy atom. The predicted molar refractivity (Wildman–Crippen MR) is 117 cm³/mol. The average Bonchev–Trinajstić information content (AvgIpc) is 2.68. The second-order valence-electron chi connectivity index (χ2n) is 6.78. The monoisotopic (exact) mass is 382 g/mol. The number of carbonyl (C=O) groups is 2. The van der Waals surface area contributed by atoms with Crippen LogP contribution in [0.15, 0.2) is 48.5 Å². The molecule has 0 radical (unpaired) electrons. The highest BCUT2D eigenvalue weighted by atomic mass is 16.2. The summed E-state index contributed by atoms with van der Waals surface area (Å²) in [7, 11) is 3.92. The molecule has 0 saturated carbocycles. The van der Waals surface area contributed by atoms with Crippen LogP contribution in [0.25, 0.3) is 0 Å². The zero-order valence-corrected chi connectivity index (χ0v) is 17.4. The molecule has 2 aromatic carbocycles. The van der Waals surface area contributed by atoms with Gasteiger partial charge in [-0.2, -0.15) is 0 Å². The fourth-order valence-corrected chi connectivity index (χ4v) is 3.00. The van der Waals surface area contributed by atoms with E-state index in [1.165, 1.54) is 11.8 Å². The first-order chi connectivity index (χ1) is 13.3. The highest BCUT2D eigenvalue weighted by Gasteiger charge is 2.16. The van der Waals surface area contributed by atoms with Crippen LogP contribution in [0.4, 0.5) is 22.7 Å². The third kappa shape index (κ3) is 5.49. The molecule has 28 heavy (non-hydrogen) atoms. The summed E-state index contributed by atoms with van der Waals surface area (Å²) in [5.74, 6) is -0.408. The molecule has 0 aromatic heterocycles. The maximum atomic E-state index is 12.5. The van der Waals surface area contributed by atoms with E-state index in [-0.39, 0.29) is 18.4 Å². The van der Waals surface area contributed by atoms with Gasteiger partial charge in [-0.15, -0.1) is 0 Å². The van der Waals surface area contributed by atoms with Crippen molar-refractivity contribution in [3.8, 4) is 0 Å². The first-order valence-electron chi connectivity index (χ1n) is 9.56. The molecule has 0 bridgehead atoms. The lowest BCUT2D eigenvalue weighted by Gasteiger charge is -2.24. The average molecular weight is 383 g/mol. The van der Waals surface area contributed by atoms with Crippen molar-refractivity contribution in [3.63, 3.8) is 0 Å². The number of carbonyl (C=O) groups excluding carboxylic acids is 2. The number of hydrogen-bond acceptors (Lipinski definition) is 4. The topological polar surface area (TPSA) is 55.9 Å². The maximum absolute atomic E-state index is 12.5. The molecule has 0 spiro atoms. The summed E-state index contributed by atoms with van der Waals surface area (Å²) >= 11 is 0. The third-order valence-corrected chi connectivity index (χ3v) is 4.64. The van der Waals surface area contributed by atoms with Crippen LogP contribution < -0.4 is 20.0 Å². The van der Waals surface area contributed by atoms with Gasteiger partial charge in [0.2, 0.25) is 11.8 Å². The van der Waals surface area contributed by atoms with Crippen molar-refractivity contribution in [2.45, 2.75) is 20.8 Å². The molecule has 0 aliphatic rings. The summed E-state index contributed by atoms with van der Waals surface area (Å²) in [6.07, 6.45) is 0. The molecule has 0 aliphatic carbocycles. The minimum Gasteiger partial charge on any atom is -0.378 e. The van der Waals surface area contributed by atoms with E-state index < -0.39 is 0 Å². The van der Waals surface area contributed by atoms with E-state index in [2.05, 4.69) is 24.1 Å². The summed E-state index contributed by atoms with van der Waals surface area (Å²) in [6, 6.07) is 15.3. The third-order valence-electron chi connectivity index (χ3n) is 4.64. The number of hydrogen-bond donors (Lipinski definition) is 1. The van der Waals surface area contributed by atoms with Crippen molar-refractivity contribution in [2.24, 2.45) is 0 Å². The molecule has 0 heterocycles. The summed E-state index contributed by atoms with van der Waals surface area (Å²) < 4.78 is 0. The van der Waals surface area contributed by atoms with Gasteiger partial charge in [-0.05, 0) is 62.4 Å². The van der Waals surface area contributed by atoms with Crippen LogP contribution in [0.5, 0.6) is 0 Å². The van der Waals surface area contributed by atoms with Crippen LogP contribution in [0, 0.1) is 0 Å². The lowest BCUT2D eigenvalue weighted by atomic mass is 10.2. The Labute approximate surface area is 167 Å². The lowest BCUT2D eigenvalue weighted by molar-refractivity contribution is -0.120. The number of nitrogens with zero attached hydrogens (tertiary/aromatic N) is 3. The van der Waals surface area contributed by atoms with Gasteiger partial charge in [0.25, 0.3) is 0 Å². The smallest absolute Gasteiger partial charge is 0.244 e. The highest BCUT2D eigenvalue weighted by molar-refractivity contribution is 6.01. The van der Waals surface area contributed by atoms with Crippen molar-refractivity contribution in [3.05, 3.63) is 48.5 Å². The van der Waals surface area contributed by atoms with Gasteiger partial charge in [-0.1, -0.05) is 0 Å². The second kappa shape index (κ2) is 9.78. The molecule has 2 aromatic rings. The van der Waals surface area contributed by atoms with Crippen molar-refractivity contribution in [1.82, 2.24) is 0 Å². The van der Waals surface area contributed by atoms with Gasteiger partial charge in [0.1, 0.15) is 6.54 Å². The molecular weight excluding hydrogens is 352 g/mol. The van der Waals surface area contributed by atoms with E-state index >= 15 is 0 Å². The first-order valence-corrected chi connectivity index (χ1v) is 9.56. The summed E-state index contributed by atoms with van der Waals surface area (Å²) in [5.41, 5.74) is 3.57. The van der Waals surface area contributed by atoms with E-state index in [0.29, 0.717) is 11.4 Å². The zero-order chi connectivity index (χ0) is 20.7. The van der Waals surface area contributed by atoms with Gasteiger partial charge in [0, 0.05) is 56.9 Å². The van der Waals surface area contributed by atoms with Crippen LogP contribution in [0.3, 0.4) is 0 Å². The van der Waals surface area contributed by atoms with Crippen molar-refractivity contribution in [2.75, 3.05) is 53.7 Å². The maximum Gasteiger partial charge on any atom is 0.244 e. The summed E-state index contributed by atoms with van der Waals surface area (Å²) in [6.45, 7) is 7.48. The Bertz CT molecular complexity index is 781. The largest absolute Gasteiger partial charge is 0.378 e. The number of nitrogens with one attached hydrogen (secondary N) is 1. The molecule has 0 unspecified atom stereocenters. The quantitative estimate of drug-likeness (QED) is 0.758. The van der Waals surface area contributed by atoms with Gasteiger partial charge >= 0.3 is 0 Å². The summed E-state index contributed by atoms with van der Waals surface area (Å²) in [5, 5.41) is 2.85. The fraction of sp³-hybridized carbons (Fsp3) is 0.364. The lowest BCUT2D eigenvalue weighted by Crippen LogP contribution is -2.36. The Hall–Kier alpha value is -3.02. The van der Waals surface area contributed by atoms with E-state index in [0.717, 1.165) is 24.5 Å². The van der Waals surface area contributed by atoms with Crippen LogP contribution in [0.2, 0.25) is 0 Å². The molecule has 2 amide bonds. The van der Waals surface area contributed by atoms with Gasteiger partial charge in [-0.25, -0.2) is 0 Å². The minimum atomic E-state index is -0.236. The van der Waals surface area contributed by atoms with Gasteiger partial charge in [0.15, 0.2) is 0 Å². The molecule has 2 rings (SSSR count). The first kappa shape index (κ1) is 21.3. The van der Waals surface area contributed by atoms with Crippen LogP contribution in [-0.2, 0) is 9.59 Å². The zero-order valence-electron chi connectivity index (χ0n) is 17.4. The van der Waals surface area contributed by atoms with Crippen molar-refractivity contribution >= 4 is 34.6 Å². The molecule has 0 fully saturated rings. The van der Waals surface area contributed by atoms with Crippen molar-refractivity contribution in [1.29, 1.82) is 0 Å². The molecule has 0 atom stereocenters. The van der Waals surface area contributed by atoms with Gasteiger partial charge in [-0.3, -0.25) is 9.59 Å². The van der Waals surface area contributed by atoms with Gasteiger partial charge < -0.3 is 20.0 Å². The Morgan fingerprint density at radius 3 is 1.79 bits per heavy atom. The van der Waals surface area contributed by atoms with E-state index in [1.807, 2.05) is 67.5 Å². The minimum absolute atomic E-state index is 0.0324. The van der Waals surface area contributed by atoms with Crippen LogP contribution in [0.1, 0.15) is 20.8 Å². The van der Waals surface area contributed by atoms with Crippen LogP contribution >= 0.6 is 0 Å². The number of anilines is 4. The van der Waals surface area contributed by atoms with Crippen molar-refractivity contribution < 1.29 is 9.59 Å². The molecule has 0 saturated heterocycles. The Kier molecular flexibility index (Phi) is 7.44. The second-order valence-corrected chi connectivity index (χ2v) is 6.78. The van der Waals surface area contributed by atoms with Gasteiger partial charge in [0.05, 0.1) is 0 Å². The SMILES string of the molecule is CCN(CC)c1ccc(N(CC(=O)Nc2ccc(N(C)C)cc2)C(C)=O)cc1. The molecule has 1 N–H and O–H groups in total. The fourth-order valence-electron chi connectivity index (χ4n) is 3.00. The summed E-state index contributed by atoms with van der Waals surface area (Å²) in [4.78, 5) is 30.3. The normalized spacial score (nSPS) is 10.3. The molecule has 6 heteroatoms. The van der Waals surface area contributed by atoms with E-state index in [9.17, 15) is 9.59 Å². The Morgan fingerprint density at radius 1 is 0.821 bits per heavy atom. The highest BCUT2D eigenvalue weighted by Crippen LogP contribution is 2.21. The van der Waals surface area contributed by atoms with E-state index in [1.54, 1.807) is 0 Å².